The Bertz CT molecular complexity index is 1620. The summed E-state index contributed by atoms with van der Waals surface area (Å²) in [7, 11) is 0. The van der Waals surface area contributed by atoms with Crippen LogP contribution in [0.3, 0.4) is 0 Å². The first-order valence-corrected chi connectivity index (χ1v) is 17.7. The number of ether oxygens (including phenoxy) is 1. The Hall–Kier alpha value is -4.37. The van der Waals surface area contributed by atoms with Gasteiger partial charge in [-0.25, -0.2) is 24.3 Å². The van der Waals surface area contributed by atoms with Gasteiger partial charge < -0.3 is 24.8 Å². The Morgan fingerprint density at radius 2 is 1.73 bits per heavy atom. The average molecular weight is 670 g/mol. The first kappa shape index (κ1) is 34.5. The number of halogens is 1. The topological polar surface area (TPSA) is 123 Å². The van der Waals surface area contributed by atoms with E-state index in [0.717, 1.165) is 52.0 Å². The van der Waals surface area contributed by atoms with Gasteiger partial charge in [-0.15, -0.1) is 0 Å². The molecular weight excluding hydrogens is 621 g/mol. The molecule has 0 radical (unpaired) electrons. The third-order valence-electron chi connectivity index (χ3n) is 10.6. The van der Waals surface area contributed by atoms with Crippen LogP contribution in [0.15, 0.2) is 43.1 Å². The van der Waals surface area contributed by atoms with Crippen molar-refractivity contribution in [3.05, 3.63) is 60.1 Å². The molecule has 1 amide bonds. The number of aromatic nitrogens is 4. The average Bonchev–Trinajstić information content (AvgIpc) is 3.56. The van der Waals surface area contributed by atoms with Crippen LogP contribution in [0.25, 0.3) is 0 Å². The van der Waals surface area contributed by atoms with E-state index in [1.807, 2.05) is 27.7 Å². The molecule has 11 nitrogen and oxygen atoms in total. The van der Waals surface area contributed by atoms with Gasteiger partial charge in [-0.1, -0.05) is 0 Å². The second-order valence-electron chi connectivity index (χ2n) is 14.6. The van der Waals surface area contributed by atoms with E-state index in [0.29, 0.717) is 46.2 Å². The van der Waals surface area contributed by atoms with Crippen molar-refractivity contribution in [1.82, 2.24) is 29.7 Å². The van der Waals surface area contributed by atoms with E-state index in [-0.39, 0.29) is 23.6 Å². The maximum absolute atomic E-state index is 14.4. The molecule has 260 valence electrons. The van der Waals surface area contributed by atoms with Crippen LogP contribution in [0.4, 0.5) is 16.2 Å². The van der Waals surface area contributed by atoms with Crippen LogP contribution in [0.1, 0.15) is 88.6 Å². The number of hydrogen-bond donors (Lipinski definition) is 1. The van der Waals surface area contributed by atoms with E-state index >= 15 is 0 Å². The Morgan fingerprint density at radius 3 is 2.41 bits per heavy atom. The van der Waals surface area contributed by atoms with E-state index in [9.17, 15) is 9.18 Å². The molecule has 3 fully saturated rings. The molecule has 1 saturated carbocycles. The number of nitrogens with one attached hydrogen (secondary N) is 1. The van der Waals surface area contributed by atoms with E-state index in [1.165, 1.54) is 50.2 Å². The zero-order valence-corrected chi connectivity index (χ0v) is 29.1. The normalized spacial score (nSPS) is 19.7. The molecule has 2 saturated heterocycles. The van der Waals surface area contributed by atoms with Crippen molar-refractivity contribution in [3.63, 3.8) is 0 Å². The largest absolute Gasteiger partial charge is 0.451 e. The maximum Gasteiger partial charge on any atom is 0.258 e. The van der Waals surface area contributed by atoms with Crippen molar-refractivity contribution in [1.29, 1.82) is 5.26 Å². The molecule has 1 aliphatic carbocycles. The lowest BCUT2D eigenvalue weighted by atomic mass is 9.67. The van der Waals surface area contributed by atoms with Gasteiger partial charge in [0.15, 0.2) is 11.6 Å². The molecule has 49 heavy (non-hydrogen) atoms. The highest BCUT2D eigenvalue weighted by molar-refractivity contribution is 5.97. The first-order chi connectivity index (χ1) is 23.6. The van der Waals surface area contributed by atoms with Crippen molar-refractivity contribution in [2.24, 2.45) is 11.3 Å². The van der Waals surface area contributed by atoms with Gasteiger partial charge in [0.1, 0.15) is 24.0 Å². The quantitative estimate of drug-likeness (QED) is 0.263. The molecule has 0 unspecified atom stereocenters. The summed E-state index contributed by atoms with van der Waals surface area (Å²) in [5.41, 5.74) is 1.09. The number of nitrogens with zero attached hydrogens (tertiary/aromatic N) is 8. The molecule has 2 aliphatic heterocycles. The van der Waals surface area contributed by atoms with Crippen molar-refractivity contribution < 1.29 is 13.9 Å². The van der Waals surface area contributed by atoms with Crippen LogP contribution < -0.4 is 15.0 Å². The number of carbonyl (C=O) groups excluding carboxylic acids is 1. The van der Waals surface area contributed by atoms with E-state index < -0.39 is 5.82 Å². The van der Waals surface area contributed by atoms with Crippen LogP contribution in [0, 0.1) is 28.5 Å². The zero-order valence-electron chi connectivity index (χ0n) is 29.1. The van der Waals surface area contributed by atoms with E-state index in [4.69, 9.17) is 10.00 Å². The van der Waals surface area contributed by atoms with Gasteiger partial charge in [0.05, 0.1) is 29.7 Å². The van der Waals surface area contributed by atoms with Gasteiger partial charge in [0.2, 0.25) is 5.95 Å². The molecule has 1 aromatic carbocycles. The number of benzene rings is 1. The summed E-state index contributed by atoms with van der Waals surface area (Å²) in [5.74, 6) is 1.80. The van der Waals surface area contributed by atoms with E-state index in [2.05, 4.69) is 41.1 Å². The fourth-order valence-electron chi connectivity index (χ4n) is 7.97. The van der Waals surface area contributed by atoms with Gasteiger partial charge in [-0.2, -0.15) is 5.26 Å². The summed E-state index contributed by atoms with van der Waals surface area (Å²) in [4.78, 5) is 37.6. The summed E-state index contributed by atoms with van der Waals surface area (Å²) in [6.45, 7) is 12.8. The fraction of sp³-hybridized carbons (Fsp3) is 0.568. The molecule has 1 spiro atoms. The molecule has 3 aliphatic rings. The molecule has 6 rings (SSSR count). The lowest BCUT2D eigenvalue weighted by molar-refractivity contribution is 0.0583. The summed E-state index contributed by atoms with van der Waals surface area (Å²) in [6, 6.07) is 6.41. The lowest BCUT2D eigenvalue weighted by Gasteiger charge is -2.46. The van der Waals surface area contributed by atoms with Gasteiger partial charge in [-0.3, -0.25) is 4.79 Å². The molecule has 12 heteroatoms. The molecule has 2 aromatic heterocycles. The maximum atomic E-state index is 14.4. The van der Waals surface area contributed by atoms with E-state index in [1.54, 1.807) is 23.5 Å². The van der Waals surface area contributed by atoms with Crippen molar-refractivity contribution >= 4 is 17.7 Å². The standard InChI is InChI=1S/C37H48FN9O2/c1-25(2)47(26(3)4)35(48)31-17-29(38)5-6-32(31)49-33-21-40-24-43-34(33)46-14-9-27(23-46)22-45-15-12-37(13-16-45)10-7-30(8-11-37)44-36-41-19-28(18-39)20-42-36/h5-6,17,19-21,24-27,30H,7-16,22-23H2,1-4H3,(H,41,42,44)/t27-/m0/s1. The van der Waals surface area contributed by atoms with Crippen molar-refractivity contribution in [2.45, 2.75) is 90.8 Å². The molecule has 3 aromatic rings. The van der Waals surface area contributed by atoms with Gasteiger partial charge >= 0.3 is 0 Å². The monoisotopic (exact) mass is 669 g/mol. The summed E-state index contributed by atoms with van der Waals surface area (Å²) >= 11 is 0. The molecule has 0 bridgehead atoms. The number of likely N-dealkylation sites (tertiary alicyclic amines) is 1. The Balaban J connectivity index is 1.02. The van der Waals surface area contributed by atoms with Crippen LogP contribution in [-0.2, 0) is 0 Å². The number of rotatable bonds is 10. The highest BCUT2D eigenvalue weighted by Gasteiger charge is 2.39. The Kier molecular flexibility index (Phi) is 10.6. The smallest absolute Gasteiger partial charge is 0.258 e. The Morgan fingerprint density at radius 1 is 1.02 bits per heavy atom. The summed E-state index contributed by atoms with van der Waals surface area (Å²) in [6.07, 6.45) is 14.5. The number of nitriles is 1. The number of carbonyl (C=O) groups is 1. The number of anilines is 2. The minimum Gasteiger partial charge on any atom is -0.451 e. The molecule has 1 N–H and O–H groups in total. The highest BCUT2D eigenvalue weighted by atomic mass is 19.1. The van der Waals surface area contributed by atoms with Gasteiger partial charge in [-0.05, 0) is 115 Å². The summed E-state index contributed by atoms with van der Waals surface area (Å²) < 4.78 is 20.7. The minimum absolute atomic E-state index is 0.0554. The second kappa shape index (κ2) is 15.0. The predicted octanol–water partition coefficient (Wildman–Crippen LogP) is 6.29. The van der Waals surface area contributed by atoms with Crippen LogP contribution in [0.2, 0.25) is 0 Å². The number of amides is 1. The molecule has 1 atom stereocenters. The highest BCUT2D eigenvalue weighted by Crippen LogP contribution is 2.45. The number of piperidine rings is 1. The molecular formula is C37H48FN9O2. The predicted molar refractivity (Wildman–Crippen MR) is 186 cm³/mol. The zero-order chi connectivity index (χ0) is 34.5. The third-order valence-corrected chi connectivity index (χ3v) is 10.6. The first-order valence-electron chi connectivity index (χ1n) is 17.7. The Labute approximate surface area is 288 Å². The van der Waals surface area contributed by atoms with Gasteiger partial charge in [0.25, 0.3) is 5.91 Å². The van der Waals surface area contributed by atoms with Crippen LogP contribution in [-0.4, -0.2) is 86.5 Å². The van der Waals surface area contributed by atoms with Crippen LogP contribution in [0.5, 0.6) is 11.5 Å². The third kappa shape index (κ3) is 8.10. The minimum atomic E-state index is -0.488. The number of hydrogen-bond acceptors (Lipinski definition) is 10. The van der Waals surface area contributed by atoms with Crippen LogP contribution >= 0.6 is 0 Å². The second-order valence-corrected chi connectivity index (χ2v) is 14.6. The SMILES string of the molecule is CC(C)N(C(=O)c1cc(F)ccc1Oc1cncnc1N1CC[C@@H](CN2CCC3(CCC(Nc4ncc(C#N)cn4)CC3)CC2)C1)C(C)C. The van der Waals surface area contributed by atoms with Gasteiger partial charge in [0, 0.05) is 37.8 Å². The lowest BCUT2D eigenvalue weighted by Crippen LogP contribution is -2.45. The van der Waals surface area contributed by atoms with Crippen molar-refractivity contribution in [3.8, 4) is 17.6 Å². The van der Waals surface area contributed by atoms with Crippen molar-refractivity contribution in [2.75, 3.05) is 42.9 Å². The fourth-order valence-corrected chi connectivity index (χ4v) is 7.97. The molecule has 4 heterocycles. The summed E-state index contributed by atoms with van der Waals surface area (Å²) in [5, 5.41) is 12.5.